The Morgan fingerprint density at radius 1 is 1.34 bits per heavy atom. The SMILES string of the molecule is CO[C@H]1C[C@@H](C(=O)NCCCn2ccnc2)CC[C@@H]1NC(=O)c1cc(C)oc1C. The van der Waals surface area contributed by atoms with Gasteiger partial charge in [0.05, 0.1) is 24.0 Å². The van der Waals surface area contributed by atoms with Gasteiger partial charge in [0.25, 0.3) is 5.91 Å². The van der Waals surface area contributed by atoms with Crippen LogP contribution < -0.4 is 10.6 Å². The fraction of sp³-hybridized carbons (Fsp3) is 0.571. The van der Waals surface area contributed by atoms with Crippen LogP contribution in [0.5, 0.6) is 0 Å². The Labute approximate surface area is 171 Å². The number of aromatic nitrogens is 2. The van der Waals surface area contributed by atoms with Gasteiger partial charge < -0.3 is 24.4 Å². The number of furan rings is 1. The number of methoxy groups -OCH3 is 1. The van der Waals surface area contributed by atoms with Gasteiger partial charge in [-0.2, -0.15) is 0 Å². The highest BCUT2D eigenvalue weighted by Gasteiger charge is 2.35. The molecule has 3 rings (SSSR count). The molecule has 0 unspecified atom stereocenters. The molecule has 0 saturated heterocycles. The first-order valence-electron chi connectivity index (χ1n) is 10.1. The van der Waals surface area contributed by atoms with Gasteiger partial charge in [-0.1, -0.05) is 0 Å². The summed E-state index contributed by atoms with van der Waals surface area (Å²) < 4.78 is 13.0. The van der Waals surface area contributed by atoms with Crippen LogP contribution in [0.1, 0.15) is 47.6 Å². The maximum absolute atomic E-state index is 12.6. The molecule has 1 saturated carbocycles. The summed E-state index contributed by atoms with van der Waals surface area (Å²) in [4.78, 5) is 29.1. The molecule has 8 nitrogen and oxygen atoms in total. The third kappa shape index (κ3) is 5.47. The summed E-state index contributed by atoms with van der Waals surface area (Å²) in [5.41, 5.74) is 0.551. The molecule has 2 N–H and O–H groups in total. The molecule has 29 heavy (non-hydrogen) atoms. The monoisotopic (exact) mass is 402 g/mol. The van der Waals surface area contributed by atoms with Crippen LogP contribution in [-0.2, 0) is 16.1 Å². The number of carbonyl (C=O) groups excluding carboxylic acids is 2. The Hall–Kier alpha value is -2.61. The minimum absolute atomic E-state index is 0.0590. The van der Waals surface area contributed by atoms with Crippen LogP contribution in [0.15, 0.2) is 29.2 Å². The van der Waals surface area contributed by atoms with E-state index in [0.717, 1.165) is 19.4 Å². The van der Waals surface area contributed by atoms with Gasteiger partial charge in [-0.25, -0.2) is 4.98 Å². The highest BCUT2D eigenvalue weighted by atomic mass is 16.5. The maximum atomic E-state index is 12.6. The van der Waals surface area contributed by atoms with Crippen molar-refractivity contribution in [2.24, 2.45) is 5.92 Å². The highest BCUT2D eigenvalue weighted by molar-refractivity contribution is 5.95. The second-order valence-corrected chi connectivity index (χ2v) is 7.64. The Bertz CT molecular complexity index is 815. The van der Waals surface area contributed by atoms with Crippen molar-refractivity contribution < 1.29 is 18.7 Å². The van der Waals surface area contributed by atoms with E-state index < -0.39 is 0 Å². The molecule has 3 atom stereocenters. The molecular formula is C21H30N4O4. The molecule has 0 aromatic carbocycles. The lowest BCUT2D eigenvalue weighted by Gasteiger charge is -2.35. The lowest BCUT2D eigenvalue weighted by Crippen LogP contribution is -2.49. The van der Waals surface area contributed by atoms with Gasteiger partial charge in [0.15, 0.2) is 0 Å². The third-order valence-corrected chi connectivity index (χ3v) is 5.52. The molecule has 0 aliphatic heterocycles. The Balaban J connectivity index is 1.46. The summed E-state index contributed by atoms with van der Waals surface area (Å²) in [5.74, 6) is 1.12. The van der Waals surface area contributed by atoms with Crippen molar-refractivity contribution in [2.45, 2.75) is 58.2 Å². The van der Waals surface area contributed by atoms with Gasteiger partial charge in [-0.05, 0) is 45.6 Å². The van der Waals surface area contributed by atoms with Crippen molar-refractivity contribution in [3.8, 4) is 0 Å². The Morgan fingerprint density at radius 3 is 2.83 bits per heavy atom. The van der Waals surface area contributed by atoms with E-state index >= 15 is 0 Å². The van der Waals surface area contributed by atoms with Crippen LogP contribution in [0.25, 0.3) is 0 Å². The van der Waals surface area contributed by atoms with Crippen LogP contribution >= 0.6 is 0 Å². The molecule has 2 aromatic rings. The second-order valence-electron chi connectivity index (χ2n) is 7.64. The summed E-state index contributed by atoms with van der Waals surface area (Å²) >= 11 is 0. The van der Waals surface area contributed by atoms with Gasteiger partial charge in [0.2, 0.25) is 5.91 Å². The van der Waals surface area contributed by atoms with E-state index in [2.05, 4.69) is 15.6 Å². The lowest BCUT2D eigenvalue weighted by atomic mass is 9.83. The number of rotatable bonds is 8. The van der Waals surface area contributed by atoms with Gasteiger partial charge in [0, 0.05) is 38.5 Å². The number of ether oxygens (including phenoxy) is 1. The van der Waals surface area contributed by atoms with E-state index in [1.807, 2.05) is 17.7 Å². The minimum atomic E-state index is -0.192. The Kier molecular flexibility index (Phi) is 7.09. The molecule has 1 aliphatic carbocycles. The van der Waals surface area contributed by atoms with Gasteiger partial charge in [-0.3, -0.25) is 9.59 Å². The third-order valence-electron chi connectivity index (χ3n) is 5.52. The summed E-state index contributed by atoms with van der Waals surface area (Å²) in [7, 11) is 1.63. The van der Waals surface area contributed by atoms with Gasteiger partial charge >= 0.3 is 0 Å². The maximum Gasteiger partial charge on any atom is 0.255 e. The van der Waals surface area contributed by atoms with E-state index in [1.165, 1.54) is 0 Å². The number of nitrogens with zero attached hydrogens (tertiary/aromatic N) is 2. The number of aryl methyl sites for hydroxylation is 3. The summed E-state index contributed by atoms with van der Waals surface area (Å²) in [6.45, 7) is 5.06. The molecule has 0 bridgehead atoms. The lowest BCUT2D eigenvalue weighted by molar-refractivity contribution is -0.127. The average Bonchev–Trinajstić information content (AvgIpc) is 3.34. The molecule has 2 amide bonds. The van der Waals surface area contributed by atoms with E-state index in [9.17, 15) is 9.59 Å². The zero-order valence-corrected chi connectivity index (χ0v) is 17.3. The van der Waals surface area contributed by atoms with Crippen LogP contribution in [0.2, 0.25) is 0 Å². The molecule has 158 valence electrons. The van der Waals surface area contributed by atoms with Crippen molar-refractivity contribution in [3.05, 3.63) is 41.9 Å². The van der Waals surface area contributed by atoms with E-state index in [4.69, 9.17) is 9.15 Å². The average molecular weight is 402 g/mol. The largest absolute Gasteiger partial charge is 0.466 e. The predicted molar refractivity (Wildman–Crippen MR) is 107 cm³/mol. The van der Waals surface area contributed by atoms with Crippen LogP contribution in [0, 0.1) is 19.8 Å². The normalized spacial score (nSPS) is 21.7. The standard InChI is InChI=1S/C21H30N4O4/c1-14-11-17(15(2)29-14)21(27)24-18-6-5-16(12-19(18)28-3)20(26)23-7-4-9-25-10-8-22-13-25/h8,10-11,13,16,18-19H,4-7,9,12H2,1-3H3,(H,23,26)(H,24,27)/t16-,18-,19-/m0/s1. The molecule has 8 heteroatoms. The first kappa shape index (κ1) is 21.1. The van der Waals surface area contributed by atoms with Crippen molar-refractivity contribution in [1.29, 1.82) is 0 Å². The molecule has 2 heterocycles. The van der Waals surface area contributed by atoms with Crippen molar-refractivity contribution in [2.75, 3.05) is 13.7 Å². The number of imidazole rings is 1. The topological polar surface area (TPSA) is 98.4 Å². The first-order chi connectivity index (χ1) is 14.0. The fourth-order valence-electron chi connectivity index (χ4n) is 3.93. The van der Waals surface area contributed by atoms with Crippen molar-refractivity contribution in [1.82, 2.24) is 20.2 Å². The highest BCUT2D eigenvalue weighted by Crippen LogP contribution is 2.27. The number of carbonyl (C=O) groups is 2. The quantitative estimate of drug-likeness (QED) is 0.660. The van der Waals surface area contributed by atoms with Gasteiger partial charge in [0.1, 0.15) is 11.5 Å². The zero-order chi connectivity index (χ0) is 20.8. The van der Waals surface area contributed by atoms with Crippen LogP contribution in [-0.4, -0.2) is 47.2 Å². The number of nitrogens with one attached hydrogen (secondary N) is 2. The predicted octanol–water partition coefficient (Wildman–Crippen LogP) is 2.21. The second kappa shape index (κ2) is 9.73. The number of hydrogen-bond acceptors (Lipinski definition) is 5. The molecule has 0 spiro atoms. The summed E-state index contributed by atoms with van der Waals surface area (Å²) in [6, 6.07) is 1.63. The smallest absolute Gasteiger partial charge is 0.255 e. The van der Waals surface area contributed by atoms with Crippen molar-refractivity contribution >= 4 is 11.8 Å². The Morgan fingerprint density at radius 2 is 2.17 bits per heavy atom. The molecule has 1 fully saturated rings. The fourth-order valence-corrected chi connectivity index (χ4v) is 3.93. The molecule has 1 aliphatic rings. The van der Waals surface area contributed by atoms with E-state index in [0.29, 0.717) is 36.5 Å². The summed E-state index contributed by atoms with van der Waals surface area (Å²) in [6.07, 6.45) is 8.11. The van der Waals surface area contributed by atoms with Crippen LogP contribution in [0.4, 0.5) is 0 Å². The van der Waals surface area contributed by atoms with E-state index in [-0.39, 0.29) is 29.9 Å². The minimum Gasteiger partial charge on any atom is -0.466 e. The van der Waals surface area contributed by atoms with Gasteiger partial charge in [-0.15, -0.1) is 0 Å². The first-order valence-corrected chi connectivity index (χ1v) is 10.1. The number of amides is 2. The number of hydrogen-bond donors (Lipinski definition) is 2. The van der Waals surface area contributed by atoms with Crippen LogP contribution in [0.3, 0.4) is 0 Å². The molecule has 2 aromatic heterocycles. The summed E-state index contributed by atoms with van der Waals surface area (Å²) in [5, 5.41) is 6.08. The van der Waals surface area contributed by atoms with Crippen molar-refractivity contribution in [3.63, 3.8) is 0 Å². The molecule has 0 radical (unpaired) electrons. The van der Waals surface area contributed by atoms with E-state index in [1.54, 1.807) is 32.6 Å². The molecular weight excluding hydrogens is 372 g/mol. The zero-order valence-electron chi connectivity index (χ0n) is 17.3.